The highest BCUT2D eigenvalue weighted by Crippen LogP contribution is 2.24. The first kappa shape index (κ1) is 14.7. The molecule has 0 aromatic heterocycles. The number of nitrogens with zero attached hydrogens (tertiary/aromatic N) is 1. The molecule has 0 aliphatic heterocycles. The van der Waals surface area contributed by atoms with Gasteiger partial charge in [-0.1, -0.05) is 18.7 Å². The number of rotatable bonds is 4. The number of hydroxylamine groups is 2. The summed E-state index contributed by atoms with van der Waals surface area (Å²) in [5.41, 5.74) is 4.30. The predicted octanol–water partition coefficient (Wildman–Crippen LogP) is 1.01. The average molecular weight is 238 g/mol. The van der Waals surface area contributed by atoms with Crippen LogP contribution in [0.15, 0.2) is 24.3 Å². The fourth-order valence-corrected chi connectivity index (χ4v) is 0.876. The van der Waals surface area contributed by atoms with Crippen molar-refractivity contribution in [2.75, 3.05) is 14.2 Å². The number of carbonyl (C=O) groups is 1. The van der Waals surface area contributed by atoms with Gasteiger partial charge in [0, 0.05) is 12.6 Å². The van der Waals surface area contributed by atoms with Crippen molar-refractivity contribution in [1.29, 1.82) is 0 Å². The van der Waals surface area contributed by atoms with Crippen molar-refractivity contribution in [3.63, 3.8) is 0 Å². The van der Waals surface area contributed by atoms with Gasteiger partial charge >= 0.3 is 6.18 Å². The minimum atomic E-state index is -4.70. The molecule has 0 aliphatic carbocycles. The molecule has 0 aliphatic rings. The first-order valence-electron chi connectivity index (χ1n) is 4.22. The molecule has 1 unspecified atom stereocenters. The van der Waals surface area contributed by atoms with E-state index in [-0.39, 0.29) is 0 Å². The Morgan fingerprint density at radius 3 is 2.38 bits per heavy atom. The molecular weight excluding hydrogens is 225 g/mol. The number of likely N-dealkylation sites (N-methyl/N-ethyl adjacent to an activating group) is 1. The average Bonchev–Trinajstić information content (AvgIpc) is 2.21. The van der Waals surface area contributed by atoms with Crippen molar-refractivity contribution < 1.29 is 22.8 Å². The second kappa shape index (κ2) is 5.66. The minimum Gasteiger partial charge on any atom is -0.316 e. The number of nitrogens with two attached hydrogens (primary N) is 1. The van der Waals surface area contributed by atoms with Crippen LogP contribution in [0.2, 0.25) is 0 Å². The number of hydrogen-bond acceptors (Lipinski definition) is 3. The lowest BCUT2D eigenvalue weighted by atomic mass is 10.1. The second-order valence-electron chi connectivity index (χ2n) is 2.86. The third-order valence-corrected chi connectivity index (χ3v) is 1.79. The van der Waals surface area contributed by atoms with Crippen LogP contribution in [0, 0.1) is 0 Å². The molecule has 0 radical (unpaired) electrons. The topological polar surface area (TPSA) is 55.6 Å². The molecule has 0 aromatic rings. The van der Waals surface area contributed by atoms with Crippen molar-refractivity contribution in [3.05, 3.63) is 24.3 Å². The fourth-order valence-electron chi connectivity index (χ4n) is 0.876. The van der Waals surface area contributed by atoms with Gasteiger partial charge in [-0.15, -0.1) is 0 Å². The summed E-state index contributed by atoms with van der Waals surface area (Å²) in [7, 11) is 2.34. The van der Waals surface area contributed by atoms with Crippen LogP contribution in [0.1, 0.15) is 0 Å². The van der Waals surface area contributed by atoms with Gasteiger partial charge in [-0.2, -0.15) is 13.2 Å². The molecule has 1 amide bonds. The molecule has 0 saturated carbocycles. The van der Waals surface area contributed by atoms with E-state index in [4.69, 9.17) is 5.73 Å². The third-order valence-electron chi connectivity index (χ3n) is 1.79. The first-order chi connectivity index (χ1) is 7.25. The van der Waals surface area contributed by atoms with Crippen molar-refractivity contribution in [3.8, 4) is 0 Å². The molecule has 92 valence electrons. The number of carbonyl (C=O) groups excluding carboxylic acids is 1. The molecule has 0 saturated heterocycles. The van der Waals surface area contributed by atoms with Crippen molar-refractivity contribution in [2.24, 2.45) is 5.73 Å². The molecule has 0 fully saturated rings. The van der Waals surface area contributed by atoms with Crippen LogP contribution in [0.5, 0.6) is 0 Å². The smallest absolute Gasteiger partial charge is 0.316 e. The standard InChI is InChI=1S/C9H13F3N2O2/c1-4-5-6(7(13)9(10,11)12)8(15)14(2)16-3/h4-5,7H,1,13H2,2-3H3/b6-5+. The van der Waals surface area contributed by atoms with E-state index in [1.54, 1.807) is 0 Å². The summed E-state index contributed by atoms with van der Waals surface area (Å²) in [6, 6.07) is -2.37. The predicted molar refractivity (Wildman–Crippen MR) is 52.1 cm³/mol. The van der Waals surface area contributed by atoms with Crippen molar-refractivity contribution >= 4 is 5.91 Å². The quantitative estimate of drug-likeness (QED) is 0.451. The van der Waals surface area contributed by atoms with Gasteiger partial charge in [0.15, 0.2) is 0 Å². The molecule has 0 bridgehead atoms. The molecule has 0 spiro atoms. The highest BCUT2D eigenvalue weighted by atomic mass is 19.4. The van der Waals surface area contributed by atoms with E-state index in [9.17, 15) is 18.0 Å². The summed E-state index contributed by atoms with van der Waals surface area (Å²) in [5.74, 6) is -0.966. The molecule has 7 heteroatoms. The molecule has 4 nitrogen and oxygen atoms in total. The molecule has 1 atom stereocenters. The normalized spacial score (nSPS) is 14.5. The van der Waals surface area contributed by atoms with Crippen LogP contribution >= 0.6 is 0 Å². The number of amides is 1. The van der Waals surface area contributed by atoms with Crippen LogP contribution in [-0.4, -0.2) is 37.3 Å². The molecule has 0 rings (SSSR count). The summed E-state index contributed by atoms with van der Waals surface area (Å²) in [4.78, 5) is 15.9. The number of allylic oxidation sites excluding steroid dienone is 2. The Morgan fingerprint density at radius 2 is 2.06 bits per heavy atom. The Kier molecular flexibility index (Phi) is 5.19. The Bertz CT molecular complexity index is 300. The Balaban J connectivity index is 5.12. The van der Waals surface area contributed by atoms with Gasteiger partial charge in [0.2, 0.25) is 0 Å². The lowest BCUT2D eigenvalue weighted by Gasteiger charge is -2.21. The van der Waals surface area contributed by atoms with Crippen LogP contribution in [-0.2, 0) is 9.63 Å². The highest BCUT2D eigenvalue weighted by molar-refractivity contribution is 5.94. The number of alkyl halides is 3. The third kappa shape index (κ3) is 3.67. The Morgan fingerprint density at radius 1 is 1.56 bits per heavy atom. The summed E-state index contributed by atoms with van der Waals surface area (Å²) in [6.45, 7) is 3.22. The molecule has 0 heterocycles. The number of hydrogen-bond donors (Lipinski definition) is 1. The summed E-state index contributed by atoms with van der Waals surface area (Å²) in [6.07, 6.45) is -2.72. The maximum atomic E-state index is 12.3. The van der Waals surface area contributed by atoms with E-state index >= 15 is 0 Å². The van der Waals surface area contributed by atoms with Crippen LogP contribution in [0.25, 0.3) is 0 Å². The summed E-state index contributed by atoms with van der Waals surface area (Å²) >= 11 is 0. The SMILES string of the molecule is C=C/C=C(/C(=O)N(C)OC)C(N)C(F)(F)F. The molecule has 16 heavy (non-hydrogen) atoms. The van der Waals surface area contributed by atoms with Gasteiger partial charge < -0.3 is 5.73 Å². The lowest BCUT2D eigenvalue weighted by Crippen LogP contribution is -2.44. The zero-order valence-corrected chi connectivity index (χ0v) is 8.91. The minimum absolute atomic E-state index is 0.633. The largest absolute Gasteiger partial charge is 0.407 e. The van der Waals surface area contributed by atoms with Gasteiger partial charge in [0.05, 0.1) is 7.11 Å². The number of halogens is 3. The van der Waals surface area contributed by atoms with Gasteiger partial charge in [0.1, 0.15) is 6.04 Å². The van der Waals surface area contributed by atoms with Crippen LogP contribution in [0.3, 0.4) is 0 Å². The Labute approximate surface area is 91.1 Å². The molecule has 2 N–H and O–H groups in total. The first-order valence-corrected chi connectivity index (χ1v) is 4.22. The highest BCUT2D eigenvalue weighted by Gasteiger charge is 2.42. The van der Waals surface area contributed by atoms with E-state index in [1.807, 2.05) is 0 Å². The molecule has 0 aromatic carbocycles. The zero-order valence-electron chi connectivity index (χ0n) is 8.91. The maximum absolute atomic E-state index is 12.3. The maximum Gasteiger partial charge on any atom is 0.407 e. The van der Waals surface area contributed by atoms with Gasteiger partial charge in [0.25, 0.3) is 5.91 Å². The summed E-state index contributed by atoms with van der Waals surface area (Å²) in [5, 5.41) is 0.654. The van der Waals surface area contributed by atoms with Crippen molar-refractivity contribution in [2.45, 2.75) is 12.2 Å². The van der Waals surface area contributed by atoms with E-state index in [0.29, 0.717) is 5.06 Å². The van der Waals surface area contributed by atoms with Crippen LogP contribution < -0.4 is 5.73 Å². The van der Waals surface area contributed by atoms with Gasteiger partial charge in [-0.25, -0.2) is 5.06 Å². The van der Waals surface area contributed by atoms with Crippen LogP contribution in [0.4, 0.5) is 13.2 Å². The fraction of sp³-hybridized carbons (Fsp3) is 0.444. The van der Waals surface area contributed by atoms with E-state index in [1.165, 1.54) is 7.05 Å². The summed E-state index contributed by atoms with van der Waals surface area (Å²) < 4.78 is 37.0. The second-order valence-corrected chi connectivity index (χ2v) is 2.86. The Hall–Kier alpha value is -1.34. The molecular formula is C9H13F3N2O2. The van der Waals surface area contributed by atoms with Crippen molar-refractivity contribution in [1.82, 2.24) is 5.06 Å². The van der Waals surface area contributed by atoms with E-state index < -0.39 is 23.7 Å². The van der Waals surface area contributed by atoms with E-state index in [0.717, 1.165) is 19.3 Å². The monoisotopic (exact) mass is 238 g/mol. The van der Waals surface area contributed by atoms with E-state index in [2.05, 4.69) is 11.4 Å². The lowest BCUT2D eigenvalue weighted by molar-refractivity contribution is -0.170. The van der Waals surface area contributed by atoms with Gasteiger partial charge in [-0.3, -0.25) is 9.63 Å². The van der Waals surface area contributed by atoms with Gasteiger partial charge in [-0.05, 0) is 0 Å². The zero-order chi connectivity index (χ0) is 12.9.